The summed E-state index contributed by atoms with van der Waals surface area (Å²) in [5.41, 5.74) is -1.39. The molecule has 3 unspecified atom stereocenters. The number of anilines is 1. The first-order valence-electron chi connectivity index (χ1n) is 20.5. The molecule has 3 aromatic rings. The van der Waals surface area contributed by atoms with Crippen molar-refractivity contribution in [1.29, 1.82) is 0 Å². The van der Waals surface area contributed by atoms with Gasteiger partial charge >= 0.3 is 21.7 Å². The lowest BCUT2D eigenvalue weighted by molar-refractivity contribution is -0.386. The Balaban J connectivity index is 1.31. The van der Waals surface area contributed by atoms with Crippen LogP contribution in [0, 0.1) is 10.1 Å². The summed E-state index contributed by atoms with van der Waals surface area (Å²) in [5, 5.41) is 35.5. The molecule has 1 aliphatic rings. The number of nitrogens with one attached hydrogen (secondary N) is 2. The second-order valence-corrected chi connectivity index (χ2v) is 17.7. The van der Waals surface area contributed by atoms with Crippen LogP contribution < -0.4 is 10.9 Å². The molecule has 1 amide bonds. The van der Waals surface area contributed by atoms with E-state index in [1.54, 1.807) is 6.07 Å². The van der Waals surface area contributed by atoms with Crippen molar-refractivity contribution >= 4 is 44.5 Å². The molecule has 3 heterocycles. The second-order valence-electron chi connectivity index (χ2n) is 14.9. The van der Waals surface area contributed by atoms with Crippen molar-refractivity contribution in [2.24, 2.45) is 0 Å². The van der Waals surface area contributed by atoms with Gasteiger partial charge in [0.25, 0.3) is 11.2 Å². The number of hydrogen-bond donors (Lipinski definition) is 7. The fourth-order valence-electron chi connectivity index (χ4n) is 7.11. The largest absolute Gasteiger partial charge is 0.481 e. The van der Waals surface area contributed by atoms with Crippen LogP contribution in [0.2, 0.25) is 0 Å². The van der Waals surface area contributed by atoms with Crippen LogP contribution in [-0.4, -0.2) is 80.3 Å². The first kappa shape index (κ1) is 49.0. The van der Waals surface area contributed by atoms with E-state index in [0.29, 0.717) is 6.42 Å². The Hall–Kier alpha value is -3.62. The number of carbonyl (C=O) groups is 1. The summed E-state index contributed by atoms with van der Waals surface area (Å²) in [6.07, 6.45) is 12.8. The molecule has 4 rings (SSSR count). The average molecular weight is 889 g/mol. The molecule has 21 nitrogen and oxygen atoms in total. The number of unbranched alkanes of at least 4 members (excludes halogenated alkanes) is 16. The van der Waals surface area contributed by atoms with Crippen LogP contribution in [-0.2, 0) is 27.4 Å². The van der Waals surface area contributed by atoms with Gasteiger partial charge in [0, 0.05) is 6.07 Å². The van der Waals surface area contributed by atoms with Gasteiger partial charge in [-0.3, -0.25) is 34.3 Å². The number of fused-ring (bicyclic) bond motifs is 1. The van der Waals surface area contributed by atoms with Gasteiger partial charge in [-0.1, -0.05) is 122 Å². The highest BCUT2D eigenvalue weighted by atomic mass is 31.3. The van der Waals surface area contributed by atoms with Crippen molar-refractivity contribution in [1.82, 2.24) is 19.5 Å². The molecule has 336 valence electrons. The van der Waals surface area contributed by atoms with Crippen molar-refractivity contribution in [2.45, 2.75) is 153 Å². The van der Waals surface area contributed by atoms with E-state index in [2.05, 4.69) is 36.0 Å². The zero-order valence-corrected chi connectivity index (χ0v) is 35.5. The zero-order valence-electron chi connectivity index (χ0n) is 33.7. The number of aliphatic hydroxyl groups excluding tert-OH is 2. The van der Waals surface area contributed by atoms with Crippen LogP contribution >= 0.6 is 15.6 Å². The number of H-pyrrole nitrogens is 1. The molecule has 2 aromatic heterocycles. The summed E-state index contributed by atoms with van der Waals surface area (Å²) in [5.74, 6) is -0.429. The van der Waals surface area contributed by atoms with Crippen LogP contribution in [0.5, 0.6) is 0 Å². The number of amides is 1. The summed E-state index contributed by atoms with van der Waals surface area (Å²) in [6.45, 7) is 1.27. The van der Waals surface area contributed by atoms with Crippen LogP contribution in [0.25, 0.3) is 11.2 Å². The Kier molecular flexibility index (Phi) is 19.7. The molecule has 60 heavy (non-hydrogen) atoms. The fraction of sp³-hybridized carbons (Fsp3) is 0.676. The molecule has 1 aliphatic heterocycles. The van der Waals surface area contributed by atoms with E-state index in [4.69, 9.17) is 19.3 Å². The zero-order chi connectivity index (χ0) is 43.7. The minimum Gasteiger partial charge on any atom is -0.441 e. The van der Waals surface area contributed by atoms with Gasteiger partial charge in [0.15, 0.2) is 17.4 Å². The van der Waals surface area contributed by atoms with Gasteiger partial charge in [-0.05, 0) is 18.9 Å². The molecule has 23 heteroatoms. The lowest BCUT2D eigenvalue weighted by Gasteiger charge is -2.19. The van der Waals surface area contributed by atoms with Crippen molar-refractivity contribution in [3.63, 3.8) is 0 Å². The molecular formula is C37H58N6O15P2. The van der Waals surface area contributed by atoms with Gasteiger partial charge in [-0.25, -0.2) is 18.9 Å². The summed E-state index contributed by atoms with van der Waals surface area (Å²) in [4.78, 5) is 75.2. The number of para-hydroxylation sites is 1. The number of nitro benzene ring substituents is 1. The topological polar surface area (TPSA) is 308 Å². The summed E-state index contributed by atoms with van der Waals surface area (Å²) in [6, 6.07) is 5.94. The van der Waals surface area contributed by atoms with Gasteiger partial charge < -0.3 is 34.4 Å². The lowest BCUT2D eigenvalue weighted by Crippen LogP contribution is -2.33. The van der Waals surface area contributed by atoms with Crippen molar-refractivity contribution in [3.8, 4) is 0 Å². The molecule has 0 saturated carbocycles. The number of benzene rings is 1. The van der Waals surface area contributed by atoms with Crippen molar-refractivity contribution < 1.29 is 62.0 Å². The molecule has 0 spiro atoms. The highest BCUT2D eigenvalue weighted by Gasteiger charge is 2.46. The Morgan fingerprint density at radius 1 is 0.933 bits per heavy atom. The summed E-state index contributed by atoms with van der Waals surface area (Å²) < 4.78 is 43.3. The predicted molar refractivity (Wildman–Crippen MR) is 218 cm³/mol. The second kappa shape index (κ2) is 24.1. The molecule has 0 aliphatic carbocycles. The third-order valence-corrected chi connectivity index (χ3v) is 12.3. The number of aromatic nitrogens is 4. The summed E-state index contributed by atoms with van der Waals surface area (Å²) >= 11 is 0. The number of phosphoric ester groups is 1. The number of aromatic amines is 1. The highest BCUT2D eigenvalue weighted by Crippen LogP contribution is 2.57. The number of hydrogen-bond acceptors (Lipinski definition) is 14. The minimum atomic E-state index is -5.43. The number of rotatable bonds is 28. The normalized spacial score (nSPS) is 19.6. The molecular weight excluding hydrogens is 830 g/mol. The Morgan fingerprint density at radius 2 is 1.50 bits per heavy atom. The van der Waals surface area contributed by atoms with Crippen LogP contribution in [0.4, 0.5) is 16.4 Å². The van der Waals surface area contributed by atoms with Gasteiger partial charge in [0.1, 0.15) is 24.4 Å². The molecule has 0 radical (unpaired) electrons. The number of carbonyl (C=O) groups excluding carboxylic acids is 1. The minimum absolute atomic E-state index is 0.194. The maximum atomic E-state index is 13.3. The van der Waals surface area contributed by atoms with E-state index in [-0.39, 0.29) is 28.8 Å². The highest BCUT2D eigenvalue weighted by molar-refractivity contribution is 7.60. The first-order chi connectivity index (χ1) is 28.6. The smallest absolute Gasteiger partial charge is 0.441 e. The molecule has 1 saturated heterocycles. The number of ether oxygens (including phenoxy) is 2. The lowest BCUT2D eigenvalue weighted by atomic mass is 10.00. The van der Waals surface area contributed by atoms with Gasteiger partial charge in [-0.15, -0.1) is 0 Å². The Morgan fingerprint density at radius 3 is 2.07 bits per heavy atom. The van der Waals surface area contributed by atoms with Gasteiger partial charge in [0.05, 0.1) is 23.4 Å². The first-order valence-corrected chi connectivity index (χ1v) is 23.6. The molecule has 6 atom stereocenters. The number of phosphoric acid groups is 2. The van der Waals surface area contributed by atoms with E-state index >= 15 is 0 Å². The number of aliphatic hydroxyl groups is 2. The van der Waals surface area contributed by atoms with E-state index in [9.17, 15) is 43.9 Å². The van der Waals surface area contributed by atoms with Crippen LogP contribution in [0.15, 0.2) is 35.4 Å². The van der Waals surface area contributed by atoms with E-state index in [1.165, 1.54) is 95.2 Å². The number of imidazole rings is 1. The predicted octanol–water partition coefficient (Wildman–Crippen LogP) is 7.20. The molecule has 1 fully saturated rings. The Labute approximate surface area is 347 Å². The van der Waals surface area contributed by atoms with E-state index in [0.717, 1.165) is 36.6 Å². The molecule has 1 aromatic carbocycles. The van der Waals surface area contributed by atoms with Crippen LogP contribution in [0.3, 0.4) is 0 Å². The monoisotopic (exact) mass is 888 g/mol. The number of nitro groups is 1. The maximum Gasteiger partial charge on any atom is 0.481 e. The number of nitrogens with zero attached hydrogens (tertiary/aromatic N) is 4. The van der Waals surface area contributed by atoms with E-state index < -0.39 is 75.4 Å². The van der Waals surface area contributed by atoms with Crippen LogP contribution in [0.1, 0.15) is 140 Å². The van der Waals surface area contributed by atoms with Gasteiger partial charge in [0.2, 0.25) is 5.95 Å². The quantitative estimate of drug-likeness (QED) is 0.0164. The standard InChI is InChI=1S/C37H58N6O15P2/c1-2-3-4-5-6-7-8-9-10-11-12-13-14-15-16-17-18-23-28(26-21-19-20-22-27(26)43(48)49)57-37(47)41-36-39-33-30(34(46)40-36)38-25-42(33)35-32(45)31(44)29(56-35)24-55-60(53,54)58-59(50,51)52/h19-22,25,28-29,31-32,35,44-45H,2-18,23-24H2,1H3,(H,53,54)(H2,50,51,52)(H2,39,40,41,46,47)/t28?,29-,31+,32?,35-/m1/s1. The molecule has 7 N–H and O–H groups in total. The Bertz CT molecular complexity index is 1980. The van der Waals surface area contributed by atoms with E-state index in [1.807, 2.05) is 0 Å². The average Bonchev–Trinajstić information content (AvgIpc) is 3.73. The molecule has 0 bridgehead atoms. The van der Waals surface area contributed by atoms with Crippen molar-refractivity contribution in [2.75, 3.05) is 11.9 Å². The maximum absolute atomic E-state index is 13.3. The third-order valence-electron chi connectivity index (χ3n) is 10.2. The van der Waals surface area contributed by atoms with Gasteiger partial charge in [-0.2, -0.15) is 9.29 Å². The van der Waals surface area contributed by atoms with Crippen molar-refractivity contribution in [3.05, 3.63) is 56.6 Å². The fourth-order valence-corrected chi connectivity index (χ4v) is 8.71. The third kappa shape index (κ3) is 15.7. The summed E-state index contributed by atoms with van der Waals surface area (Å²) in [7, 11) is -10.8. The SMILES string of the molecule is CCCCCCCCCCCCCCCCCCCC(OC(=O)Nc1nc2c(ncn2[C@@H]2O[C@H](COP(=O)(O)OP(=O)(O)O)[C@H](O)C2O)c(=O)[nH]1)c1ccccc1[N+](=O)[O-].